The predicted octanol–water partition coefficient (Wildman–Crippen LogP) is 2.48. The molecule has 0 bridgehead atoms. The second-order valence-electron chi connectivity index (χ2n) is 7.16. The summed E-state index contributed by atoms with van der Waals surface area (Å²) in [4.78, 5) is 37.4. The molecule has 1 heterocycles. The Morgan fingerprint density at radius 1 is 1.11 bits per heavy atom. The monoisotopic (exact) mass is 400 g/mol. The van der Waals surface area contributed by atoms with Crippen molar-refractivity contribution in [2.24, 2.45) is 11.8 Å². The summed E-state index contributed by atoms with van der Waals surface area (Å²) in [6.07, 6.45) is -3.45. The van der Waals surface area contributed by atoms with Crippen LogP contribution in [0.15, 0.2) is 24.3 Å². The molecule has 0 radical (unpaired) electrons. The van der Waals surface area contributed by atoms with E-state index < -0.39 is 36.8 Å². The van der Waals surface area contributed by atoms with Crippen molar-refractivity contribution in [3.8, 4) is 0 Å². The Hall–Kier alpha value is -2.58. The van der Waals surface area contributed by atoms with E-state index in [4.69, 9.17) is 4.74 Å². The molecule has 154 valence electrons. The predicted molar refractivity (Wildman–Crippen MR) is 94.3 cm³/mol. The van der Waals surface area contributed by atoms with Crippen LogP contribution in [0.4, 0.5) is 13.2 Å². The highest BCUT2D eigenvalue weighted by atomic mass is 19.4. The number of ether oxygens (including phenoxy) is 1. The van der Waals surface area contributed by atoms with Gasteiger partial charge < -0.3 is 15.0 Å². The van der Waals surface area contributed by atoms with Gasteiger partial charge in [-0.2, -0.15) is 13.2 Å². The minimum Gasteiger partial charge on any atom is -0.454 e. The van der Waals surface area contributed by atoms with Gasteiger partial charge in [0.1, 0.15) is 6.54 Å². The third-order valence-corrected chi connectivity index (χ3v) is 4.45. The van der Waals surface area contributed by atoms with Crippen molar-refractivity contribution in [1.82, 2.24) is 10.2 Å². The summed E-state index contributed by atoms with van der Waals surface area (Å²) < 4.78 is 42.4. The molecular formula is C19H23F3N2O4. The first kappa shape index (κ1) is 21.7. The maximum atomic E-state index is 12.5. The van der Waals surface area contributed by atoms with Crippen LogP contribution in [-0.4, -0.2) is 48.9 Å². The molecule has 1 N–H and O–H groups in total. The van der Waals surface area contributed by atoms with E-state index in [2.05, 4.69) is 19.2 Å². The third-order valence-electron chi connectivity index (χ3n) is 4.45. The van der Waals surface area contributed by atoms with E-state index in [1.54, 1.807) is 4.90 Å². The van der Waals surface area contributed by atoms with Crippen molar-refractivity contribution < 1.29 is 32.3 Å². The van der Waals surface area contributed by atoms with Crippen LogP contribution < -0.4 is 5.32 Å². The molecule has 0 aromatic heterocycles. The number of benzene rings is 1. The molecule has 1 aliphatic rings. The van der Waals surface area contributed by atoms with E-state index in [0.717, 1.165) is 30.7 Å². The van der Waals surface area contributed by atoms with E-state index in [9.17, 15) is 27.6 Å². The number of hydrogen-bond acceptors (Lipinski definition) is 4. The van der Waals surface area contributed by atoms with Crippen LogP contribution in [0.1, 0.15) is 36.2 Å². The molecule has 1 saturated heterocycles. The zero-order valence-corrected chi connectivity index (χ0v) is 15.7. The normalized spacial score (nSPS) is 19.8. The zero-order chi connectivity index (χ0) is 20.9. The smallest absolute Gasteiger partial charge is 0.416 e. The van der Waals surface area contributed by atoms with Gasteiger partial charge in [0, 0.05) is 18.7 Å². The van der Waals surface area contributed by atoms with Gasteiger partial charge in [0.25, 0.3) is 11.8 Å². The lowest BCUT2D eigenvalue weighted by Crippen LogP contribution is -2.44. The largest absolute Gasteiger partial charge is 0.454 e. The third kappa shape index (κ3) is 6.24. The summed E-state index contributed by atoms with van der Waals surface area (Å²) in [6, 6.07) is 3.61. The highest BCUT2D eigenvalue weighted by Gasteiger charge is 2.30. The number of carbonyl (C=O) groups is 3. The van der Waals surface area contributed by atoms with Crippen molar-refractivity contribution >= 4 is 17.8 Å². The number of nitrogens with zero attached hydrogens (tertiary/aromatic N) is 1. The number of piperidine rings is 1. The Bertz CT molecular complexity index is 709. The summed E-state index contributed by atoms with van der Waals surface area (Å²) in [7, 11) is 0. The van der Waals surface area contributed by atoms with Crippen molar-refractivity contribution in [2.45, 2.75) is 26.4 Å². The van der Waals surface area contributed by atoms with Crippen molar-refractivity contribution in [2.75, 3.05) is 26.2 Å². The summed E-state index contributed by atoms with van der Waals surface area (Å²) in [5, 5.41) is 2.25. The molecule has 2 atom stereocenters. The molecule has 9 heteroatoms. The van der Waals surface area contributed by atoms with Gasteiger partial charge in [-0.1, -0.05) is 13.8 Å². The molecule has 6 nitrogen and oxygen atoms in total. The lowest BCUT2D eigenvalue weighted by Gasteiger charge is -2.34. The summed E-state index contributed by atoms with van der Waals surface area (Å²) >= 11 is 0. The lowest BCUT2D eigenvalue weighted by molar-refractivity contribution is -0.152. The standard InChI is InChI=1S/C19H23F3N2O4/c1-12-7-13(2)10-24(9-12)16(25)11-28-17(26)8-23-18(27)14-3-5-15(6-4-14)19(20,21)22/h3-6,12-13H,7-11H2,1-2H3,(H,23,27)/t12-,13+. The Kier molecular flexibility index (Phi) is 7.04. The van der Waals surface area contributed by atoms with Gasteiger partial charge in [-0.05, 0) is 42.5 Å². The molecule has 2 rings (SSSR count). The fourth-order valence-corrected chi connectivity index (χ4v) is 3.22. The average molecular weight is 400 g/mol. The van der Waals surface area contributed by atoms with Gasteiger partial charge in [0.15, 0.2) is 6.61 Å². The average Bonchev–Trinajstić information content (AvgIpc) is 2.62. The number of alkyl halides is 3. The molecule has 1 aliphatic heterocycles. The molecule has 1 aromatic rings. The van der Waals surface area contributed by atoms with E-state index in [0.29, 0.717) is 24.9 Å². The molecule has 1 fully saturated rings. The first-order chi connectivity index (χ1) is 13.1. The number of rotatable bonds is 5. The highest BCUT2D eigenvalue weighted by Crippen LogP contribution is 2.29. The van der Waals surface area contributed by atoms with Gasteiger partial charge in [0.2, 0.25) is 0 Å². The van der Waals surface area contributed by atoms with Crippen LogP contribution >= 0.6 is 0 Å². The maximum absolute atomic E-state index is 12.5. The fraction of sp³-hybridized carbons (Fsp3) is 0.526. The van der Waals surface area contributed by atoms with Gasteiger partial charge in [-0.25, -0.2) is 0 Å². The van der Waals surface area contributed by atoms with E-state index in [1.165, 1.54) is 0 Å². The van der Waals surface area contributed by atoms with Crippen LogP contribution in [0.5, 0.6) is 0 Å². The van der Waals surface area contributed by atoms with Gasteiger partial charge in [-0.3, -0.25) is 14.4 Å². The van der Waals surface area contributed by atoms with Crippen LogP contribution in [0.3, 0.4) is 0 Å². The van der Waals surface area contributed by atoms with E-state index in [1.807, 2.05) is 0 Å². The zero-order valence-electron chi connectivity index (χ0n) is 15.7. The SMILES string of the molecule is C[C@@H]1C[C@H](C)CN(C(=O)COC(=O)CNC(=O)c2ccc(C(F)(F)F)cc2)C1. The molecule has 0 aliphatic carbocycles. The summed E-state index contributed by atoms with van der Waals surface area (Å²) in [5.74, 6) is -1.04. The van der Waals surface area contributed by atoms with Gasteiger partial charge in [0.05, 0.1) is 5.56 Å². The molecule has 28 heavy (non-hydrogen) atoms. The number of hydrogen-bond donors (Lipinski definition) is 1. The number of amides is 2. The number of carbonyl (C=O) groups excluding carboxylic acids is 3. The number of esters is 1. The molecule has 0 unspecified atom stereocenters. The van der Waals surface area contributed by atoms with Gasteiger partial charge in [-0.15, -0.1) is 0 Å². The van der Waals surface area contributed by atoms with Crippen molar-refractivity contribution in [3.63, 3.8) is 0 Å². The number of likely N-dealkylation sites (tertiary alicyclic amines) is 1. The van der Waals surface area contributed by atoms with Gasteiger partial charge >= 0.3 is 12.1 Å². The first-order valence-electron chi connectivity index (χ1n) is 8.95. The van der Waals surface area contributed by atoms with Crippen LogP contribution in [0.2, 0.25) is 0 Å². The second kappa shape index (κ2) is 9.07. The topological polar surface area (TPSA) is 75.7 Å². The molecular weight excluding hydrogens is 377 g/mol. The Balaban J connectivity index is 1.76. The number of nitrogens with one attached hydrogen (secondary N) is 1. The molecule has 2 amide bonds. The van der Waals surface area contributed by atoms with Crippen LogP contribution in [0, 0.1) is 11.8 Å². The maximum Gasteiger partial charge on any atom is 0.416 e. The minimum atomic E-state index is -4.49. The first-order valence-corrected chi connectivity index (χ1v) is 8.95. The Morgan fingerprint density at radius 2 is 1.68 bits per heavy atom. The van der Waals surface area contributed by atoms with Crippen molar-refractivity contribution in [1.29, 1.82) is 0 Å². The van der Waals surface area contributed by atoms with Crippen molar-refractivity contribution in [3.05, 3.63) is 35.4 Å². The minimum absolute atomic E-state index is 0.0202. The summed E-state index contributed by atoms with van der Waals surface area (Å²) in [6.45, 7) is 4.45. The molecule has 0 spiro atoms. The fourth-order valence-electron chi connectivity index (χ4n) is 3.22. The number of halogens is 3. The Labute approximate surface area is 161 Å². The molecule has 1 aromatic carbocycles. The van der Waals surface area contributed by atoms with E-state index >= 15 is 0 Å². The van der Waals surface area contributed by atoms with E-state index in [-0.39, 0.29) is 11.5 Å². The highest BCUT2D eigenvalue weighted by molar-refractivity contribution is 5.96. The Morgan fingerprint density at radius 3 is 2.21 bits per heavy atom. The quantitative estimate of drug-likeness (QED) is 0.771. The summed E-state index contributed by atoms with van der Waals surface area (Å²) in [5.41, 5.74) is -0.892. The molecule has 0 saturated carbocycles. The van der Waals surface area contributed by atoms with Crippen LogP contribution in [0.25, 0.3) is 0 Å². The second-order valence-corrected chi connectivity index (χ2v) is 7.16. The lowest BCUT2D eigenvalue weighted by atomic mass is 9.92. The van der Waals surface area contributed by atoms with Crippen LogP contribution in [-0.2, 0) is 20.5 Å².